The van der Waals surface area contributed by atoms with Crippen molar-refractivity contribution in [1.29, 1.82) is 0 Å². The molecule has 0 aromatic heterocycles. The van der Waals surface area contributed by atoms with Gasteiger partial charge in [-0.2, -0.15) is 0 Å². The van der Waals surface area contributed by atoms with Crippen LogP contribution in [0.15, 0.2) is 0 Å². The van der Waals surface area contributed by atoms with E-state index >= 15 is 0 Å². The molecular formula is C11H23N3O3. The summed E-state index contributed by atoms with van der Waals surface area (Å²) in [5, 5.41) is 8.36. The standard InChI is InChI=1S/C11H23N3O3/c1-9(15)13-7-5-12-6-8-14-10(16)17-11(2,3)4/h12H,5-8H2,1-4H3,(H,13,15)(H,14,16). The van der Waals surface area contributed by atoms with Crippen LogP contribution in [0.2, 0.25) is 0 Å². The van der Waals surface area contributed by atoms with Gasteiger partial charge in [0.1, 0.15) is 5.60 Å². The topological polar surface area (TPSA) is 79.5 Å². The molecule has 0 radical (unpaired) electrons. The number of nitrogens with one attached hydrogen (secondary N) is 3. The van der Waals surface area contributed by atoms with Gasteiger partial charge >= 0.3 is 6.09 Å². The number of rotatable bonds is 6. The van der Waals surface area contributed by atoms with Crippen LogP contribution in [0.1, 0.15) is 27.7 Å². The molecule has 0 aliphatic heterocycles. The van der Waals surface area contributed by atoms with Gasteiger partial charge in [-0.1, -0.05) is 0 Å². The molecule has 0 aliphatic rings. The highest BCUT2D eigenvalue weighted by atomic mass is 16.6. The van der Waals surface area contributed by atoms with E-state index in [9.17, 15) is 9.59 Å². The number of carbonyl (C=O) groups excluding carboxylic acids is 2. The summed E-state index contributed by atoms with van der Waals surface area (Å²) >= 11 is 0. The fourth-order valence-corrected chi connectivity index (χ4v) is 1.02. The Hall–Kier alpha value is -1.30. The molecule has 0 fully saturated rings. The molecule has 0 heterocycles. The highest BCUT2D eigenvalue weighted by molar-refractivity contribution is 5.72. The summed E-state index contributed by atoms with van der Waals surface area (Å²) in [5.41, 5.74) is -0.469. The summed E-state index contributed by atoms with van der Waals surface area (Å²) in [5.74, 6) is -0.0429. The first kappa shape index (κ1) is 15.7. The minimum Gasteiger partial charge on any atom is -0.444 e. The van der Waals surface area contributed by atoms with Crippen LogP contribution in [0, 0.1) is 0 Å². The Morgan fingerprint density at radius 3 is 2.00 bits per heavy atom. The van der Waals surface area contributed by atoms with Crippen LogP contribution in [0.5, 0.6) is 0 Å². The lowest BCUT2D eigenvalue weighted by atomic mass is 10.2. The summed E-state index contributed by atoms with van der Waals surface area (Å²) in [6, 6.07) is 0. The number of hydrogen-bond donors (Lipinski definition) is 3. The third kappa shape index (κ3) is 12.6. The molecule has 0 aromatic rings. The van der Waals surface area contributed by atoms with Crippen molar-refractivity contribution in [1.82, 2.24) is 16.0 Å². The molecule has 0 unspecified atom stereocenters. The lowest BCUT2D eigenvalue weighted by molar-refractivity contribution is -0.118. The molecule has 0 rings (SSSR count). The molecular weight excluding hydrogens is 222 g/mol. The van der Waals surface area contributed by atoms with E-state index in [4.69, 9.17) is 4.74 Å². The highest BCUT2D eigenvalue weighted by Gasteiger charge is 2.15. The monoisotopic (exact) mass is 245 g/mol. The Morgan fingerprint density at radius 2 is 1.53 bits per heavy atom. The van der Waals surface area contributed by atoms with E-state index in [1.54, 1.807) is 0 Å². The number of hydrogen-bond acceptors (Lipinski definition) is 4. The average molecular weight is 245 g/mol. The summed E-state index contributed by atoms with van der Waals surface area (Å²) in [6.45, 7) is 9.32. The molecule has 100 valence electrons. The van der Waals surface area contributed by atoms with E-state index in [0.29, 0.717) is 26.2 Å². The molecule has 0 spiro atoms. The van der Waals surface area contributed by atoms with Gasteiger partial charge in [0.2, 0.25) is 5.91 Å². The number of alkyl carbamates (subject to hydrolysis) is 1. The fraction of sp³-hybridized carbons (Fsp3) is 0.818. The van der Waals surface area contributed by atoms with Crippen molar-refractivity contribution in [3.05, 3.63) is 0 Å². The third-order valence-electron chi connectivity index (χ3n) is 1.65. The van der Waals surface area contributed by atoms with Gasteiger partial charge in [-0.3, -0.25) is 4.79 Å². The van der Waals surface area contributed by atoms with E-state index in [1.165, 1.54) is 6.92 Å². The van der Waals surface area contributed by atoms with E-state index in [-0.39, 0.29) is 5.91 Å². The number of ether oxygens (including phenoxy) is 1. The first-order chi connectivity index (χ1) is 7.81. The molecule has 6 heteroatoms. The van der Waals surface area contributed by atoms with Crippen molar-refractivity contribution in [3.8, 4) is 0 Å². The van der Waals surface area contributed by atoms with E-state index in [2.05, 4.69) is 16.0 Å². The maximum atomic E-state index is 11.2. The summed E-state index contributed by atoms with van der Waals surface area (Å²) in [6.07, 6.45) is -0.416. The van der Waals surface area contributed by atoms with Crippen molar-refractivity contribution in [2.45, 2.75) is 33.3 Å². The van der Waals surface area contributed by atoms with Crippen molar-refractivity contribution >= 4 is 12.0 Å². The van der Waals surface area contributed by atoms with Crippen LogP contribution in [0.3, 0.4) is 0 Å². The number of carbonyl (C=O) groups is 2. The Balaban J connectivity index is 3.34. The normalized spacial score (nSPS) is 10.8. The Bertz CT molecular complexity index is 249. The molecule has 6 nitrogen and oxygen atoms in total. The molecule has 0 saturated carbocycles. The predicted molar refractivity (Wildman–Crippen MR) is 65.8 cm³/mol. The van der Waals surface area contributed by atoms with E-state index < -0.39 is 11.7 Å². The van der Waals surface area contributed by atoms with E-state index in [1.807, 2.05) is 20.8 Å². The summed E-state index contributed by atoms with van der Waals surface area (Å²) in [4.78, 5) is 21.8. The predicted octanol–water partition coefficient (Wildman–Crippen LogP) is 0.237. The SMILES string of the molecule is CC(=O)NCCNCCNC(=O)OC(C)(C)C. The van der Waals surface area contributed by atoms with Crippen LogP contribution in [-0.4, -0.2) is 43.8 Å². The largest absolute Gasteiger partial charge is 0.444 e. The van der Waals surface area contributed by atoms with Crippen molar-refractivity contribution in [2.75, 3.05) is 26.2 Å². The second-order valence-electron chi connectivity index (χ2n) is 4.66. The lowest BCUT2D eigenvalue weighted by Crippen LogP contribution is -2.38. The zero-order valence-corrected chi connectivity index (χ0v) is 11.1. The van der Waals surface area contributed by atoms with Crippen molar-refractivity contribution in [2.24, 2.45) is 0 Å². The van der Waals surface area contributed by atoms with Crippen LogP contribution in [0.25, 0.3) is 0 Å². The average Bonchev–Trinajstić information content (AvgIpc) is 2.12. The van der Waals surface area contributed by atoms with Crippen LogP contribution in [0.4, 0.5) is 4.79 Å². The molecule has 3 N–H and O–H groups in total. The van der Waals surface area contributed by atoms with Gasteiger partial charge in [0.05, 0.1) is 0 Å². The van der Waals surface area contributed by atoms with Gasteiger partial charge in [0, 0.05) is 33.1 Å². The summed E-state index contributed by atoms with van der Waals surface area (Å²) in [7, 11) is 0. The zero-order chi connectivity index (χ0) is 13.3. The summed E-state index contributed by atoms with van der Waals surface area (Å²) < 4.78 is 5.06. The molecule has 0 saturated heterocycles. The molecule has 0 aromatic carbocycles. The van der Waals surface area contributed by atoms with Crippen LogP contribution >= 0.6 is 0 Å². The fourth-order valence-electron chi connectivity index (χ4n) is 1.02. The first-order valence-corrected chi connectivity index (χ1v) is 5.73. The van der Waals surface area contributed by atoms with E-state index in [0.717, 1.165) is 0 Å². The van der Waals surface area contributed by atoms with Gasteiger partial charge in [-0.05, 0) is 20.8 Å². The Kier molecular flexibility index (Phi) is 7.29. The van der Waals surface area contributed by atoms with Gasteiger partial charge in [-0.15, -0.1) is 0 Å². The third-order valence-corrected chi connectivity index (χ3v) is 1.65. The Labute approximate surface area is 102 Å². The molecule has 2 amide bonds. The molecule has 0 atom stereocenters. The first-order valence-electron chi connectivity index (χ1n) is 5.73. The maximum Gasteiger partial charge on any atom is 0.407 e. The lowest BCUT2D eigenvalue weighted by Gasteiger charge is -2.19. The van der Waals surface area contributed by atoms with Gasteiger partial charge in [-0.25, -0.2) is 4.79 Å². The van der Waals surface area contributed by atoms with Gasteiger partial charge < -0.3 is 20.7 Å². The quantitative estimate of drug-likeness (QED) is 0.586. The van der Waals surface area contributed by atoms with Crippen molar-refractivity contribution in [3.63, 3.8) is 0 Å². The molecule has 0 bridgehead atoms. The minimum absolute atomic E-state index is 0.0429. The minimum atomic E-state index is -0.469. The highest BCUT2D eigenvalue weighted by Crippen LogP contribution is 2.05. The maximum absolute atomic E-state index is 11.2. The van der Waals surface area contributed by atoms with Gasteiger partial charge in [0.25, 0.3) is 0 Å². The second kappa shape index (κ2) is 7.89. The molecule has 17 heavy (non-hydrogen) atoms. The van der Waals surface area contributed by atoms with Gasteiger partial charge in [0.15, 0.2) is 0 Å². The second-order valence-corrected chi connectivity index (χ2v) is 4.66. The zero-order valence-electron chi connectivity index (χ0n) is 11.1. The van der Waals surface area contributed by atoms with Crippen LogP contribution in [-0.2, 0) is 9.53 Å². The Morgan fingerprint density at radius 1 is 1.00 bits per heavy atom. The smallest absolute Gasteiger partial charge is 0.407 e. The molecule has 0 aliphatic carbocycles. The number of amides is 2. The van der Waals surface area contributed by atoms with Crippen molar-refractivity contribution < 1.29 is 14.3 Å². The van der Waals surface area contributed by atoms with Crippen LogP contribution < -0.4 is 16.0 Å².